The molecule has 0 aliphatic heterocycles. The third-order valence-corrected chi connectivity index (χ3v) is 6.18. The summed E-state index contributed by atoms with van der Waals surface area (Å²) in [7, 11) is 0. The molecule has 1 unspecified atom stereocenters. The van der Waals surface area contributed by atoms with Crippen LogP contribution in [0.25, 0.3) is 10.6 Å². The van der Waals surface area contributed by atoms with Gasteiger partial charge in [-0.2, -0.15) is 0 Å². The average Bonchev–Trinajstić information content (AvgIpc) is 3.27. The monoisotopic (exact) mass is 430 g/mol. The minimum absolute atomic E-state index is 0.291. The van der Waals surface area contributed by atoms with Crippen molar-refractivity contribution in [2.24, 2.45) is 0 Å². The fraction of sp³-hybridized carbons (Fsp3) is 0.200. The third-order valence-electron chi connectivity index (χ3n) is 5.08. The number of aromatic nitrogens is 2. The summed E-state index contributed by atoms with van der Waals surface area (Å²) in [5.74, 6) is 0.533. The van der Waals surface area contributed by atoms with Gasteiger partial charge in [0.1, 0.15) is 0 Å². The summed E-state index contributed by atoms with van der Waals surface area (Å²) < 4.78 is 0. The van der Waals surface area contributed by atoms with Gasteiger partial charge in [-0.1, -0.05) is 42.5 Å². The Morgan fingerprint density at radius 2 is 1.74 bits per heavy atom. The molecule has 2 aromatic heterocycles. The first-order valence-electron chi connectivity index (χ1n) is 10.3. The second kappa shape index (κ2) is 9.83. The van der Waals surface area contributed by atoms with Crippen LogP contribution in [-0.4, -0.2) is 15.1 Å². The summed E-state index contributed by atoms with van der Waals surface area (Å²) in [5, 5.41) is 16.6. The zero-order valence-electron chi connectivity index (χ0n) is 17.6. The first kappa shape index (κ1) is 21.2. The van der Waals surface area contributed by atoms with Crippen LogP contribution in [0.2, 0.25) is 0 Å². The Hall–Kier alpha value is -3.06. The molecule has 2 atom stereocenters. The maximum atomic E-state index is 9.79. The standard InChI is InChI=1S/C25H26N4OS/c1-17(19-7-4-3-5-8-19)27-16-22-11-12-24(31-22)23-13-14-26-25(29-23)28-21-10-6-9-20(15-21)18(2)30/h3-15,17-18,27,30H,16H2,1-2H3,(H,26,28,29)/t17-,18?/m1/s1. The Kier molecular flexibility index (Phi) is 6.72. The normalized spacial score (nSPS) is 13.0. The number of benzene rings is 2. The number of nitrogens with zero attached hydrogens (tertiary/aromatic N) is 2. The smallest absolute Gasteiger partial charge is 0.227 e. The van der Waals surface area contributed by atoms with Gasteiger partial charge in [-0.05, 0) is 55.3 Å². The summed E-state index contributed by atoms with van der Waals surface area (Å²) in [4.78, 5) is 11.4. The predicted octanol–water partition coefficient (Wildman–Crippen LogP) is 5.85. The van der Waals surface area contributed by atoms with Crippen LogP contribution in [0.5, 0.6) is 0 Å². The van der Waals surface area contributed by atoms with Gasteiger partial charge in [0.05, 0.1) is 16.7 Å². The molecule has 0 aliphatic carbocycles. The van der Waals surface area contributed by atoms with Crippen molar-refractivity contribution >= 4 is 23.0 Å². The Morgan fingerprint density at radius 1 is 0.935 bits per heavy atom. The van der Waals surface area contributed by atoms with Gasteiger partial charge >= 0.3 is 0 Å². The van der Waals surface area contributed by atoms with Crippen molar-refractivity contribution in [1.29, 1.82) is 0 Å². The van der Waals surface area contributed by atoms with Crippen LogP contribution in [0.4, 0.5) is 11.6 Å². The summed E-state index contributed by atoms with van der Waals surface area (Å²) in [6.07, 6.45) is 1.25. The Balaban J connectivity index is 1.42. The zero-order valence-corrected chi connectivity index (χ0v) is 18.4. The minimum atomic E-state index is -0.517. The molecule has 2 heterocycles. The molecule has 0 saturated carbocycles. The van der Waals surface area contributed by atoms with Crippen LogP contribution in [-0.2, 0) is 6.54 Å². The van der Waals surface area contributed by atoms with Crippen LogP contribution in [0, 0.1) is 0 Å². The molecule has 4 rings (SSSR count). The molecule has 0 radical (unpaired) electrons. The van der Waals surface area contributed by atoms with Gasteiger partial charge in [-0.3, -0.25) is 0 Å². The van der Waals surface area contributed by atoms with E-state index in [2.05, 4.69) is 63.9 Å². The summed E-state index contributed by atoms with van der Waals surface area (Å²) in [6, 6.07) is 24.6. The van der Waals surface area contributed by atoms with Crippen molar-refractivity contribution in [3.63, 3.8) is 0 Å². The molecule has 6 heteroatoms. The zero-order chi connectivity index (χ0) is 21.6. The third kappa shape index (κ3) is 5.55. The van der Waals surface area contributed by atoms with Crippen molar-refractivity contribution < 1.29 is 5.11 Å². The molecule has 31 heavy (non-hydrogen) atoms. The largest absolute Gasteiger partial charge is 0.389 e. The topological polar surface area (TPSA) is 70.1 Å². The van der Waals surface area contributed by atoms with Crippen LogP contribution >= 0.6 is 11.3 Å². The SMILES string of the molecule is CC(O)c1cccc(Nc2nccc(-c3ccc(CN[C@H](C)c4ccccc4)s3)n2)c1. The summed E-state index contributed by atoms with van der Waals surface area (Å²) >= 11 is 1.73. The maximum absolute atomic E-state index is 9.79. The van der Waals surface area contributed by atoms with Gasteiger partial charge in [0, 0.05) is 29.3 Å². The molecular weight excluding hydrogens is 404 g/mol. The number of hydrogen-bond acceptors (Lipinski definition) is 6. The van der Waals surface area contributed by atoms with E-state index in [0.717, 1.165) is 28.4 Å². The second-order valence-electron chi connectivity index (χ2n) is 7.47. The molecule has 0 fully saturated rings. The Morgan fingerprint density at radius 3 is 2.55 bits per heavy atom. The van der Waals surface area contributed by atoms with Crippen molar-refractivity contribution in [3.05, 3.63) is 95.0 Å². The lowest BCUT2D eigenvalue weighted by Crippen LogP contribution is -2.17. The lowest BCUT2D eigenvalue weighted by molar-refractivity contribution is 0.199. The molecule has 4 aromatic rings. The van der Waals surface area contributed by atoms with Crippen LogP contribution in [0.1, 0.15) is 42.0 Å². The predicted molar refractivity (Wildman–Crippen MR) is 127 cm³/mol. The second-order valence-corrected chi connectivity index (χ2v) is 8.64. The van der Waals surface area contributed by atoms with Crippen LogP contribution in [0.3, 0.4) is 0 Å². The van der Waals surface area contributed by atoms with Crippen molar-refractivity contribution in [2.75, 3.05) is 5.32 Å². The first-order chi connectivity index (χ1) is 15.1. The molecule has 3 N–H and O–H groups in total. The van der Waals surface area contributed by atoms with Gasteiger partial charge in [-0.25, -0.2) is 9.97 Å². The van der Waals surface area contributed by atoms with E-state index in [9.17, 15) is 5.11 Å². The minimum Gasteiger partial charge on any atom is -0.389 e. The highest BCUT2D eigenvalue weighted by atomic mass is 32.1. The lowest BCUT2D eigenvalue weighted by atomic mass is 10.1. The number of nitrogens with one attached hydrogen (secondary N) is 2. The van der Waals surface area contributed by atoms with E-state index in [1.807, 2.05) is 36.4 Å². The Bertz CT molecular complexity index is 1130. The molecule has 0 saturated heterocycles. The van der Waals surface area contributed by atoms with E-state index >= 15 is 0 Å². The molecule has 158 valence electrons. The number of rotatable bonds is 8. The highest BCUT2D eigenvalue weighted by Gasteiger charge is 2.09. The fourth-order valence-corrected chi connectivity index (χ4v) is 4.21. The van der Waals surface area contributed by atoms with E-state index in [-0.39, 0.29) is 0 Å². The highest BCUT2D eigenvalue weighted by Crippen LogP contribution is 2.28. The van der Waals surface area contributed by atoms with Crippen molar-refractivity contribution in [2.45, 2.75) is 32.5 Å². The lowest BCUT2D eigenvalue weighted by Gasteiger charge is -2.13. The summed E-state index contributed by atoms with van der Waals surface area (Å²) in [5.41, 5.74) is 3.87. The van der Waals surface area contributed by atoms with Crippen LogP contribution in [0.15, 0.2) is 79.0 Å². The van der Waals surface area contributed by atoms with E-state index in [0.29, 0.717) is 12.0 Å². The molecular formula is C25H26N4OS. The van der Waals surface area contributed by atoms with Crippen LogP contribution < -0.4 is 10.6 Å². The number of thiophene rings is 1. The van der Waals surface area contributed by atoms with Gasteiger partial charge in [-0.15, -0.1) is 11.3 Å². The fourth-order valence-electron chi connectivity index (χ4n) is 3.29. The Labute approximate surface area is 186 Å². The molecule has 0 spiro atoms. The van der Waals surface area contributed by atoms with Crippen molar-refractivity contribution in [3.8, 4) is 10.6 Å². The number of aliphatic hydroxyl groups excluding tert-OH is 1. The van der Waals surface area contributed by atoms with Gasteiger partial charge in [0.15, 0.2) is 0 Å². The molecule has 5 nitrogen and oxygen atoms in total. The van der Waals surface area contributed by atoms with Gasteiger partial charge in [0.2, 0.25) is 5.95 Å². The van der Waals surface area contributed by atoms with E-state index in [1.54, 1.807) is 24.5 Å². The van der Waals surface area contributed by atoms with E-state index < -0.39 is 6.10 Å². The molecule has 0 amide bonds. The average molecular weight is 431 g/mol. The highest BCUT2D eigenvalue weighted by molar-refractivity contribution is 7.15. The van der Waals surface area contributed by atoms with E-state index in [1.165, 1.54) is 10.4 Å². The van der Waals surface area contributed by atoms with Gasteiger partial charge in [0.25, 0.3) is 0 Å². The number of hydrogen-bond donors (Lipinski definition) is 3. The van der Waals surface area contributed by atoms with E-state index in [4.69, 9.17) is 0 Å². The molecule has 0 bridgehead atoms. The maximum Gasteiger partial charge on any atom is 0.227 e. The number of aliphatic hydroxyl groups is 1. The quantitative estimate of drug-likeness (QED) is 0.327. The van der Waals surface area contributed by atoms with Gasteiger partial charge < -0.3 is 15.7 Å². The van der Waals surface area contributed by atoms with Crippen molar-refractivity contribution in [1.82, 2.24) is 15.3 Å². The molecule has 2 aromatic carbocycles. The summed E-state index contributed by atoms with van der Waals surface area (Å²) in [6.45, 7) is 4.74. The first-order valence-corrected chi connectivity index (χ1v) is 11.2. The molecule has 0 aliphatic rings. The number of anilines is 2.